The average molecular weight is 225 g/mol. The molecule has 0 amide bonds. The van der Waals surface area contributed by atoms with Crippen LogP contribution in [0, 0.1) is 5.92 Å². The number of hydrogen-bond donors (Lipinski definition) is 1. The van der Waals surface area contributed by atoms with Gasteiger partial charge in [-0.05, 0) is 25.3 Å². The van der Waals surface area contributed by atoms with Gasteiger partial charge >= 0.3 is 0 Å². The minimum absolute atomic E-state index is 0.672. The molecule has 15 heavy (non-hydrogen) atoms. The lowest BCUT2D eigenvalue weighted by molar-refractivity contribution is 0.346. The van der Waals surface area contributed by atoms with Crippen LogP contribution in [-0.4, -0.2) is 16.7 Å². The summed E-state index contributed by atoms with van der Waals surface area (Å²) >= 11 is 1.76. The highest BCUT2D eigenvalue weighted by atomic mass is 32.1. The predicted molar refractivity (Wildman–Crippen MR) is 63.0 cm³/mol. The first-order valence-corrected chi connectivity index (χ1v) is 6.63. The molecular formula is C11H19N3S. The van der Waals surface area contributed by atoms with Crippen LogP contribution in [-0.2, 0) is 6.42 Å². The van der Waals surface area contributed by atoms with Crippen LogP contribution in [0.1, 0.15) is 48.5 Å². The number of aromatic nitrogens is 2. The van der Waals surface area contributed by atoms with Crippen LogP contribution in [0.4, 0.5) is 0 Å². The minimum Gasteiger partial charge on any atom is -0.330 e. The van der Waals surface area contributed by atoms with Gasteiger partial charge in [-0.3, -0.25) is 0 Å². The van der Waals surface area contributed by atoms with Gasteiger partial charge in [-0.25, -0.2) is 0 Å². The quantitative estimate of drug-likeness (QED) is 0.859. The van der Waals surface area contributed by atoms with Crippen molar-refractivity contribution in [2.45, 2.75) is 44.9 Å². The van der Waals surface area contributed by atoms with E-state index < -0.39 is 0 Å². The highest BCUT2D eigenvalue weighted by molar-refractivity contribution is 7.11. The topological polar surface area (TPSA) is 51.8 Å². The van der Waals surface area contributed by atoms with E-state index in [0.717, 1.165) is 17.3 Å². The molecule has 3 nitrogen and oxygen atoms in total. The Bertz CT molecular complexity index is 303. The summed E-state index contributed by atoms with van der Waals surface area (Å²) in [6.45, 7) is 3.02. The zero-order valence-corrected chi connectivity index (χ0v) is 10.1. The standard InChI is InChI=1S/C11H19N3S/c1-8-2-4-9(5-3-8)11-14-13-10(15-11)6-7-12/h8-9H,2-7,12H2,1H3. The van der Waals surface area contributed by atoms with E-state index in [1.807, 2.05) is 0 Å². The number of nitrogens with zero attached hydrogens (tertiary/aromatic N) is 2. The lowest BCUT2D eigenvalue weighted by Crippen LogP contribution is -2.10. The zero-order valence-electron chi connectivity index (χ0n) is 9.28. The molecule has 2 rings (SSSR count). The predicted octanol–water partition coefficient (Wildman–Crippen LogP) is 2.33. The van der Waals surface area contributed by atoms with Crippen molar-refractivity contribution in [2.24, 2.45) is 11.7 Å². The van der Waals surface area contributed by atoms with Crippen molar-refractivity contribution < 1.29 is 0 Å². The van der Waals surface area contributed by atoms with Crippen LogP contribution < -0.4 is 5.73 Å². The van der Waals surface area contributed by atoms with Crippen LogP contribution in [0.15, 0.2) is 0 Å². The largest absolute Gasteiger partial charge is 0.330 e. The van der Waals surface area contributed by atoms with Gasteiger partial charge in [0.2, 0.25) is 0 Å². The maximum Gasteiger partial charge on any atom is 0.120 e. The fourth-order valence-electron chi connectivity index (χ4n) is 2.16. The number of nitrogens with two attached hydrogens (primary N) is 1. The van der Waals surface area contributed by atoms with E-state index >= 15 is 0 Å². The van der Waals surface area contributed by atoms with E-state index in [1.54, 1.807) is 11.3 Å². The summed E-state index contributed by atoms with van der Waals surface area (Å²) in [5, 5.41) is 10.8. The first kappa shape index (κ1) is 11.0. The molecule has 2 N–H and O–H groups in total. The maximum absolute atomic E-state index is 5.51. The third-order valence-corrected chi connectivity index (χ3v) is 4.35. The van der Waals surface area contributed by atoms with Gasteiger partial charge in [0.05, 0.1) is 0 Å². The van der Waals surface area contributed by atoms with Crippen LogP contribution in [0.5, 0.6) is 0 Å². The molecule has 0 bridgehead atoms. The fourth-order valence-corrected chi connectivity index (χ4v) is 3.19. The van der Waals surface area contributed by atoms with E-state index in [1.165, 1.54) is 30.7 Å². The molecule has 1 fully saturated rings. The Morgan fingerprint density at radius 3 is 2.67 bits per heavy atom. The Morgan fingerprint density at radius 2 is 2.00 bits per heavy atom. The molecule has 1 aliphatic rings. The van der Waals surface area contributed by atoms with Crippen molar-refractivity contribution >= 4 is 11.3 Å². The van der Waals surface area contributed by atoms with E-state index in [2.05, 4.69) is 17.1 Å². The van der Waals surface area contributed by atoms with Gasteiger partial charge in [0.25, 0.3) is 0 Å². The van der Waals surface area contributed by atoms with E-state index in [4.69, 9.17) is 5.73 Å². The summed E-state index contributed by atoms with van der Waals surface area (Å²) in [7, 11) is 0. The molecular weight excluding hydrogens is 206 g/mol. The lowest BCUT2D eigenvalue weighted by Gasteiger charge is -2.23. The smallest absolute Gasteiger partial charge is 0.120 e. The second-order valence-corrected chi connectivity index (χ2v) is 5.62. The summed E-state index contributed by atoms with van der Waals surface area (Å²) in [5.41, 5.74) is 5.51. The van der Waals surface area contributed by atoms with Gasteiger partial charge in [0.1, 0.15) is 10.0 Å². The highest BCUT2D eigenvalue weighted by Crippen LogP contribution is 2.36. The molecule has 0 radical (unpaired) electrons. The van der Waals surface area contributed by atoms with Gasteiger partial charge in [0.15, 0.2) is 0 Å². The second-order valence-electron chi connectivity index (χ2n) is 4.53. The molecule has 0 spiro atoms. The van der Waals surface area contributed by atoms with Gasteiger partial charge in [-0.2, -0.15) is 0 Å². The van der Waals surface area contributed by atoms with Gasteiger partial charge < -0.3 is 5.73 Å². The normalized spacial score (nSPS) is 26.8. The summed E-state index contributed by atoms with van der Waals surface area (Å²) < 4.78 is 0. The van der Waals surface area contributed by atoms with Crippen molar-refractivity contribution in [3.63, 3.8) is 0 Å². The molecule has 0 saturated heterocycles. The Kier molecular flexibility index (Phi) is 3.70. The molecule has 0 unspecified atom stereocenters. The van der Waals surface area contributed by atoms with Crippen molar-refractivity contribution in [2.75, 3.05) is 6.54 Å². The van der Waals surface area contributed by atoms with E-state index in [0.29, 0.717) is 12.5 Å². The van der Waals surface area contributed by atoms with Crippen LogP contribution in [0.25, 0.3) is 0 Å². The van der Waals surface area contributed by atoms with Crippen molar-refractivity contribution in [1.29, 1.82) is 0 Å². The first-order valence-electron chi connectivity index (χ1n) is 5.82. The highest BCUT2D eigenvalue weighted by Gasteiger charge is 2.22. The van der Waals surface area contributed by atoms with Crippen LogP contribution in [0.3, 0.4) is 0 Å². The molecule has 1 heterocycles. The maximum atomic E-state index is 5.51. The summed E-state index contributed by atoms with van der Waals surface area (Å²) in [5.74, 6) is 1.57. The number of rotatable bonds is 3. The Hall–Kier alpha value is -0.480. The van der Waals surface area contributed by atoms with Crippen molar-refractivity contribution in [3.05, 3.63) is 10.0 Å². The molecule has 4 heteroatoms. The Labute approximate surface area is 95.1 Å². The minimum atomic E-state index is 0.672. The first-order chi connectivity index (χ1) is 7.29. The van der Waals surface area contributed by atoms with E-state index in [-0.39, 0.29) is 0 Å². The van der Waals surface area contributed by atoms with Crippen molar-refractivity contribution in [1.82, 2.24) is 10.2 Å². The van der Waals surface area contributed by atoms with Crippen LogP contribution in [0.2, 0.25) is 0 Å². The van der Waals surface area contributed by atoms with Crippen LogP contribution >= 0.6 is 11.3 Å². The monoisotopic (exact) mass is 225 g/mol. The SMILES string of the molecule is CC1CCC(c2nnc(CCN)s2)CC1. The molecule has 1 aliphatic carbocycles. The molecule has 1 aromatic rings. The van der Waals surface area contributed by atoms with Crippen molar-refractivity contribution in [3.8, 4) is 0 Å². The molecule has 1 aromatic heterocycles. The van der Waals surface area contributed by atoms with Gasteiger partial charge in [-0.15, -0.1) is 21.5 Å². The molecule has 0 aromatic carbocycles. The molecule has 0 atom stereocenters. The average Bonchev–Trinajstić information content (AvgIpc) is 2.68. The summed E-state index contributed by atoms with van der Waals surface area (Å²) in [6.07, 6.45) is 6.14. The molecule has 0 aliphatic heterocycles. The fraction of sp³-hybridized carbons (Fsp3) is 0.818. The third kappa shape index (κ3) is 2.75. The molecule has 1 saturated carbocycles. The van der Waals surface area contributed by atoms with Gasteiger partial charge in [0, 0.05) is 12.3 Å². The van der Waals surface area contributed by atoms with E-state index in [9.17, 15) is 0 Å². The Balaban J connectivity index is 1.96. The lowest BCUT2D eigenvalue weighted by atomic mass is 9.83. The summed E-state index contributed by atoms with van der Waals surface area (Å²) in [4.78, 5) is 0. The Morgan fingerprint density at radius 1 is 1.27 bits per heavy atom. The zero-order chi connectivity index (χ0) is 10.7. The molecule has 84 valence electrons. The second kappa shape index (κ2) is 5.03. The summed E-state index contributed by atoms with van der Waals surface area (Å²) in [6, 6.07) is 0. The third-order valence-electron chi connectivity index (χ3n) is 3.21. The number of hydrogen-bond acceptors (Lipinski definition) is 4. The van der Waals surface area contributed by atoms with Gasteiger partial charge in [-0.1, -0.05) is 19.8 Å².